The van der Waals surface area contributed by atoms with Crippen LogP contribution in [0.2, 0.25) is 0 Å². The number of rotatable bonds is 6. The Morgan fingerprint density at radius 3 is 2.62 bits per heavy atom. The van der Waals surface area contributed by atoms with Gasteiger partial charge in [-0.3, -0.25) is 4.90 Å². The molecule has 5 nitrogen and oxygen atoms in total. The quantitative estimate of drug-likeness (QED) is 0.855. The SMILES string of the molecule is CCNCc1csc(S(=O)(=O)N2CCN(C3CC3)CC2)c1. The van der Waals surface area contributed by atoms with E-state index in [0.29, 0.717) is 17.3 Å². The summed E-state index contributed by atoms with van der Waals surface area (Å²) in [5.41, 5.74) is 1.05. The molecular formula is C14H23N3O2S2. The fourth-order valence-corrected chi connectivity index (χ4v) is 5.51. The van der Waals surface area contributed by atoms with Gasteiger partial charge in [-0.2, -0.15) is 4.31 Å². The average molecular weight is 329 g/mol. The molecule has 0 aromatic carbocycles. The molecule has 0 spiro atoms. The third kappa shape index (κ3) is 3.48. The monoisotopic (exact) mass is 329 g/mol. The van der Waals surface area contributed by atoms with Crippen molar-refractivity contribution in [3.05, 3.63) is 17.0 Å². The van der Waals surface area contributed by atoms with E-state index in [1.807, 2.05) is 18.4 Å². The molecule has 118 valence electrons. The molecule has 0 unspecified atom stereocenters. The molecule has 0 atom stereocenters. The topological polar surface area (TPSA) is 52.7 Å². The van der Waals surface area contributed by atoms with E-state index in [9.17, 15) is 8.42 Å². The zero-order chi connectivity index (χ0) is 14.9. The molecule has 1 saturated carbocycles. The maximum absolute atomic E-state index is 12.7. The van der Waals surface area contributed by atoms with Gasteiger partial charge in [0.05, 0.1) is 0 Å². The van der Waals surface area contributed by atoms with Gasteiger partial charge in [0.15, 0.2) is 0 Å². The molecule has 1 N–H and O–H groups in total. The molecule has 1 aliphatic heterocycles. The number of nitrogens with zero attached hydrogens (tertiary/aromatic N) is 2. The summed E-state index contributed by atoms with van der Waals surface area (Å²) in [5, 5.41) is 5.17. The molecule has 7 heteroatoms. The summed E-state index contributed by atoms with van der Waals surface area (Å²) in [6, 6.07) is 2.54. The lowest BCUT2D eigenvalue weighted by molar-refractivity contribution is 0.181. The van der Waals surface area contributed by atoms with Crippen LogP contribution in [-0.4, -0.2) is 56.4 Å². The van der Waals surface area contributed by atoms with Gasteiger partial charge < -0.3 is 5.32 Å². The molecule has 0 amide bonds. The standard InChI is InChI=1S/C14H23N3O2S2/c1-2-15-10-12-9-14(20-11-12)21(18,19)17-7-5-16(6-8-17)13-3-4-13/h9,11,13,15H,2-8,10H2,1H3. The first kappa shape index (κ1) is 15.4. The molecule has 1 aliphatic carbocycles. The second-order valence-electron chi connectivity index (χ2n) is 5.73. The first-order valence-electron chi connectivity index (χ1n) is 7.63. The van der Waals surface area contributed by atoms with Crippen LogP contribution in [0.1, 0.15) is 25.3 Å². The highest BCUT2D eigenvalue weighted by Gasteiger charge is 2.35. The maximum atomic E-state index is 12.7. The molecule has 1 saturated heterocycles. The van der Waals surface area contributed by atoms with E-state index in [1.165, 1.54) is 24.2 Å². The largest absolute Gasteiger partial charge is 0.313 e. The Morgan fingerprint density at radius 2 is 2.00 bits per heavy atom. The Kier molecular flexibility index (Phi) is 4.66. The highest BCUT2D eigenvalue weighted by atomic mass is 32.2. The summed E-state index contributed by atoms with van der Waals surface area (Å²) >= 11 is 1.34. The maximum Gasteiger partial charge on any atom is 0.252 e. The van der Waals surface area contributed by atoms with Gasteiger partial charge in [0, 0.05) is 38.8 Å². The summed E-state index contributed by atoms with van der Waals surface area (Å²) in [5.74, 6) is 0. The number of hydrogen-bond donors (Lipinski definition) is 1. The Bertz CT molecular complexity index is 573. The highest BCUT2D eigenvalue weighted by Crippen LogP contribution is 2.29. The van der Waals surface area contributed by atoms with Crippen molar-refractivity contribution in [3.8, 4) is 0 Å². The molecular weight excluding hydrogens is 306 g/mol. The second-order valence-corrected chi connectivity index (χ2v) is 8.80. The van der Waals surface area contributed by atoms with Crippen LogP contribution >= 0.6 is 11.3 Å². The predicted octanol–water partition coefficient (Wildman–Crippen LogP) is 1.33. The van der Waals surface area contributed by atoms with E-state index in [-0.39, 0.29) is 0 Å². The third-order valence-electron chi connectivity index (χ3n) is 4.14. The molecule has 1 aromatic rings. The van der Waals surface area contributed by atoms with Crippen molar-refractivity contribution in [1.29, 1.82) is 0 Å². The summed E-state index contributed by atoms with van der Waals surface area (Å²) in [7, 11) is -3.30. The fourth-order valence-electron chi connectivity index (χ4n) is 2.73. The van der Waals surface area contributed by atoms with E-state index >= 15 is 0 Å². The molecule has 0 radical (unpaired) electrons. The molecule has 2 fully saturated rings. The van der Waals surface area contributed by atoms with Gasteiger partial charge in [-0.1, -0.05) is 6.92 Å². The molecule has 3 rings (SSSR count). The van der Waals surface area contributed by atoms with Gasteiger partial charge >= 0.3 is 0 Å². The summed E-state index contributed by atoms with van der Waals surface area (Å²) in [6.45, 7) is 6.67. The minimum absolute atomic E-state index is 0.482. The van der Waals surface area contributed by atoms with Gasteiger partial charge in [-0.15, -0.1) is 11.3 Å². The van der Waals surface area contributed by atoms with E-state index in [2.05, 4.69) is 10.2 Å². The first-order chi connectivity index (χ1) is 10.1. The molecule has 2 aliphatic rings. The lowest BCUT2D eigenvalue weighted by Crippen LogP contribution is -2.49. The van der Waals surface area contributed by atoms with Crippen LogP contribution in [0.5, 0.6) is 0 Å². The van der Waals surface area contributed by atoms with Crippen molar-refractivity contribution < 1.29 is 8.42 Å². The molecule has 1 aromatic heterocycles. The van der Waals surface area contributed by atoms with Crippen LogP contribution in [0, 0.1) is 0 Å². The minimum Gasteiger partial charge on any atom is -0.313 e. The number of nitrogens with one attached hydrogen (secondary N) is 1. The van der Waals surface area contributed by atoms with Crippen molar-refractivity contribution in [2.24, 2.45) is 0 Å². The number of sulfonamides is 1. The molecule has 0 bridgehead atoms. The average Bonchev–Trinajstić information content (AvgIpc) is 3.23. The summed E-state index contributed by atoms with van der Waals surface area (Å²) in [4.78, 5) is 2.43. The second kappa shape index (κ2) is 6.34. The van der Waals surface area contributed by atoms with E-state index in [4.69, 9.17) is 0 Å². The smallest absolute Gasteiger partial charge is 0.252 e. The first-order valence-corrected chi connectivity index (χ1v) is 9.95. The molecule has 21 heavy (non-hydrogen) atoms. The number of piperazine rings is 1. The lowest BCUT2D eigenvalue weighted by Gasteiger charge is -2.33. The van der Waals surface area contributed by atoms with Crippen molar-refractivity contribution in [2.75, 3.05) is 32.7 Å². The van der Waals surface area contributed by atoms with E-state index in [1.54, 1.807) is 4.31 Å². The van der Waals surface area contributed by atoms with E-state index in [0.717, 1.165) is 37.8 Å². The Hall–Kier alpha value is -0.470. The summed E-state index contributed by atoms with van der Waals surface area (Å²) < 4.78 is 27.5. The predicted molar refractivity (Wildman–Crippen MR) is 85.1 cm³/mol. The van der Waals surface area contributed by atoms with Gasteiger partial charge in [0.25, 0.3) is 10.0 Å². The van der Waals surface area contributed by atoms with Crippen LogP contribution in [0.4, 0.5) is 0 Å². The van der Waals surface area contributed by atoms with Crippen molar-refractivity contribution in [3.63, 3.8) is 0 Å². The zero-order valence-electron chi connectivity index (χ0n) is 12.4. The normalized spacial score (nSPS) is 21.8. The van der Waals surface area contributed by atoms with Crippen LogP contribution in [-0.2, 0) is 16.6 Å². The van der Waals surface area contributed by atoms with Crippen molar-refractivity contribution in [1.82, 2.24) is 14.5 Å². The van der Waals surface area contributed by atoms with Crippen LogP contribution in [0.25, 0.3) is 0 Å². The van der Waals surface area contributed by atoms with Gasteiger partial charge in [0.2, 0.25) is 0 Å². The van der Waals surface area contributed by atoms with Crippen LogP contribution in [0.3, 0.4) is 0 Å². The Labute approximate surface area is 131 Å². The third-order valence-corrected chi connectivity index (χ3v) is 7.50. The molecule has 2 heterocycles. The van der Waals surface area contributed by atoms with Gasteiger partial charge in [-0.05, 0) is 36.4 Å². The highest BCUT2D eigenvalue weighted by molar-refractivity contribution is 7.91. The number of thiophene rings is 1. The van der Waals surface area contributed by atoms with Gasteiger partial charge in [-0.25, -0.2) is 8.42 Å². The fraction of sp³-hybridized carbons (Fsp3) is 0.714. The van der Waals surface area contributed by atoms with Gasteiger partial charge in [0.1, 0.15) is 4.21 Å². The van der Waals surface area contributed by atoms with E-state index < -0.39 is 10.0 Å². The van der Waals surface area contributed by atoms with Crippen molar-refractivity contribution in [2.45, 2.75) is 36.6 Å². The Morgan fingerprint density at radius 1 is 1.29 bits per heavy atom. The lowest BCUT2D eigenvalue weighted by atomic mass is 10.3. The zero-order valence-corrected chi connectivity index (χ0v) is 14.0. The van der Waals surface area contributed by atoms with Crippen molar-refractivity contribution >= 4 is 21.4 Å². The number of hydrogen-bond acceptors (Lipinski definition) is 5. The summed E-state index contributed by atoms with van der Waals surface area (Å²) in [6.07, 6.45) is 2.57. The minimum atomic E-state index is -3.30. The van der Waals surface area contributed by atoms with Crippen LogP contribution < -0.4 is 5.32 Å². The Balaban J connectivity index is 1.64. The van der Waals surface area contributed by atoms with Crippen LogP contribution in [0.15, 0.2) is 15.7 Å².